The molecule has 0 aromatic heterocycles. The van der Waals surface area contributed by atoms with Crippen molar-refractivity contribution in [3.05, 3.63) is 35.4 Å². The number of hydrogen-bond donors (Lipinski definition) is 2. The molecule has 2 N–H and O–H groups in total. The quantitative estimate of drug-likeness (QED) is 0.507. The first-order valence-corrected chi connectivity index (χ1v) is 12.6. The highest BCUT2D eigenvalue weighted by molar-refractivity contribution is 7.91. The van der Waals surface area contributed by atoms with Gasteiger partial charge < -0.3 is 15.5 Å². The fourth-order valence-electron chi connectivity index (χ4n) is 3.86. The van der Waals surface area contributed by atoms with Crippen LogP contribution in [0.2, 0.25) is 0 Å². The molecule has 0 aliphatic carbocycles. The van der Waals surface area contributed by atoms with Crippen molar-refractivity contribution in [3.8, 4) is 0 Å². The zero-order valence-electron chi connectivity index (χ0n) is 17.7. The molecule has 1 atom stereocenters. The van der Waals surface area contributed by atoms with Crippen LogP contribution in [0, 0.1) is 0 Å². The average Bonchev–Trinajstić information content (AvgIpc) is 3.06. The zero-order chi connectivity index (χ0) is 20.7. The number of nitrogens with one attached hydrogen (secondary N) is 2. The predicted molar refractivity (Wildman–Crippen MR) is 119 cm³/mol. The fraction of sp³-hybridized carbons (Fsp3) is 0.667. The molecule has 3 rings (SSSR count). The molecule has 7 nitrogen and oxygen atoms in total. The van der Waals surface area contributed by atoms with E-state index in [1.54, 1.807) is 0 Å². The van der Waals surface area contributed by atoms with Crippen molar-refractivity contribution >= 4 is 15.8 Å². The molecule has 2 aliphatic heterocycles. The van der Waals surface area contributed by atoms with E-state index in [0.717, 1.165) is 51.4 Å². The first-order chi connectivity index (χ1) is 14.0. The third kappa shape index (κ3) is 6.97. The molecule has 2 fully saturated rings. The lowest BCUT2D eigenvalue weighted by atomic mass is 10.1. The van der Waals surface area contributed by atoms with Gasteiger partial charge in [-0.3, -0.25) is 4.90 Å². The lowest BCUT2D eigenvalue weighted by molar-refractivity contribution is 0.132. The van der Waals surface area contributed by atoms with Gasteiger partial charge >= 0.3 is 0 Å². The van der Waals surface area contributed by atoms with Crippen molar-refractivity contribution in [3.63, 3.8) is 0 Å². The number of sulfone groups is 1. The standard InChI is InChI=1S/C21H35N5O2S/c1-3-22-21(24-20-9-14-29(27,28)17-20)23-15-18-5-7-19(8-6-18)16-26-12-10-25(4-2)11-13-26/h5-8,20H,3-4,9-17H2,1-2H3,(H2,22,23,24). The molecule has 29 heavy (non-hydrogen) atoms. The largest absolute Gasteiger partial charge is 0.357 e. The fourth-order valence-corrected chi connectivity index (χ4v) is 5.54. The van der Waals surface area contributed by atoms with Crippen LogP contribution in [0.15, 0.2) is 29.3 Å². The lowest BCUT2D eigenvalue weighted by Crippen LogP contribution is -2.45. The summed E-state index contributed by atoms with van der Waals surface area (Å²) in [5, 5.41) is 6.48. The summed E-state index contributed by atoms with van der Waals surface area (Å²) in [5.74, 6) is 1.14. The van der Waals surface area contributed by atoms with Gasteiger partial charge in [-0.2, -0.15) is 0 Å². The summed E-state index contributed by atoms with van der Waals surface area (Å²) in [6.07, 6.45) is 0.647. The molecular weight excluding hydrogens is 386 g/mol. The van der Waals surface area contributed by atoms with Gasteiger partial charge in [-0.1, -0.05) is 31.2 Å². The van der Waals surface area contributed by atoms with Crippen LogP contribution in [0.5, 0.6) is 0 Å². The summed E-state index contributed by atoms with van der Waals surface area (Å²) in [6.45, 7) is 12.3. The first kappa shape index (κ1) is 22.1. The Balaban J connectivity index is 1.51. The highest BCUT2D eigenvalue weighted by atomic mass is 32.2. The average molecular weight is 422 g/mol. The zero-order valence-corrected chi connectivity index (χ0v) is 18.5. The number of likely N-dealkylation sites (N-methyl/N-ethyl adjacent to an activating group) is 1. The number of piperazine rings is 1. The summed E-state index contributed by atoms with van der Waals surface area (Å²) in [4.78, 5) is 9.65. The molecule has 8 heteroatoms. The van der Waals surface area contributed by atoms with Gasteiger partial charge in [-0.25, -0.2) is 13.4 Å². The summed E-state index contributed by atoms with van der Waals surface area (Å²) in [6, 6.07) is 8.63. The van der Waals surface area contributed by atoms with Gasteiger partial charge in [0.15, 0.2) is 15.8 Å². The van der Waals surface area contributed by atoms with E-state index >= 15 is 0 Å². The van der Waals surface area contributed by atoms with E-state index in [1.165, 1.54) is 5.56 Å². The van der Waals surface area contributed by atoms with Gasteiger partial charge in [0.05, 0.1) is 18.1 Å². The van der Waals surface area contributed by atoms with E-state index in [4.69, 9.17) is 0 Å². The second-order valence-corrected chi connectivity index (χ2v) is 10.2. The van der Waals surface area contributed by atoms with Gasteiger partial charge in [0.2, 0.25) is 0 Å². The second kappa shape index (κ2) is 10.4. The van der Waals surface area contributed by atoms with E-state index < -0.39 is 9.84 Å². The molecular formula is C21H35N5O2S. The van der Waals surface area contributed by atoms with E-state index in [0.29, 0.717) is 18.9 Å². The summed E-state index contributed by atoms with van der Waals surface area (Å²) in [7, 11) is -2.90. The normalized spacial score (nSPS) is 23.2. The van der Waals surface area contributed by atoms with E-state index in [9.17, 15) is 8.42 Å². The first-order valence-electron chi connectivity index (χ1n) is 10.7. The maximum atomic E-state index is 11.7. The molecule has 1 unspecified atom stereocenters. The van der Waals surface area contributed by atoms with Crippen molar-refractivity contribution in [1.29, 1.82) is 0 Å². The van der Waals surface area contributed by atoms with Crippen LogP contribution < -0.4 is 10.6 Å². The Kier molecular flexibility index (Phi) is 7.91. The Morgan fingerprint density at radius 3 is 2.31 bits per heavy atom. The Morgan fingerprint density at radius 2 is 1.72 bits per heavy atom. The Morgan fingerprint density at radius 1 is 1.07 bits per heavy atom. The topological polar surface area (TPSA) is 77.0 Å². The van der Waals surface area contributed by atoms with Crippen molar-refractivity contribution < 1.29 is 8.42 Å². The Bertz CT molecular complexity index is 771. The minimum Gasteiger partial charge on any atom is -0.357 e. The third-order valence-corrected chi connectivity index (χ3v) is 7.45. The maximum Gasteiger partial charge on any atom is 0.191 e. The van der Waals surface area contributed by atoms with Gasteiger partial charge in [0, 0.05) is 45.3 Å². The van der Waals surface area contributed by atoms with Crippen LogP contribution in [0.1, 0.15) is 31.4 Å². The van der Waals surface area contributed by atoms with Crippen LogP contribution in [0.25, 0.3) is 0 Å². The van der Waals surface area contributed by atoms with Gasteiger partial charge in [0.1, 0.15) is 0 Å². The van der Waals surface area contributed by atoms with Crippen LogP contribution in [-0.4, -0.2) is 81.0 Å². The van der Waals surface area contributed by atoms with Gasteiger partial charge in [-0.05, 0) is 31.0 Å². The van der Waals surface area contributed by atoms with Crippen molar-refractivity contribution in [2.75, 3.05) is 50.8 Å². The number of rotatable bonds is 7. The highest BCUT2D eigenvalue weighted by Gasteiger charge is 2.28. The maximum absolute atomic E-state index is 11.7. The van der Waals surface area contributed by atoms with Gasteiger partial charge in [-0.15, -0.1) is 0 Å². The molecule has 2 saturated heterocycles. The van der Waals surface area contributed by atoms with Gasteiger partial charge in [0.25, 0.3) is 0 Å². The Hall–Kier alpha value is -1.64. The van der Waals surface area contributed by atoms with E-state index in [1.807, 2.05) is 6.92 Å². The smallest absolute Gasteiger partial charge is 0.191 e. The molecule has 0 amide bonds. The van der Waals surface area contributed by atoms with Crippen LogP contribution >= 0.6 is 0 Å². The lowest BCUT2D eigenvalue weighted by Gasteiger charge is -2.34. The van der Waals surface area contributed by atoms with E-state index in [-0.39, 0.29) is 17.5 Å². The molecule has 0 bridgehead atoms. The number of aliphatic imine (C=N–C) groups is 1. The molecule has 1 aromatic rings. The molecule has 1 aromatic carbocycles. The van der Waals surface area contributed by atoms with Crippen molar-refractivity contribution in [2.24, 2.45) is 4.99 Å². The molecule has 0 saturated carbocycles. The minimum atomic E-state index is -2.90. The summed E-state index contributed by atoms with van der Waals surface area (Å²) < 4.78 is 23.3. The minimum absolute atomic E-state index is 0.0478. The number of guanidine groups is 1. The number of nitrogens with zero attached hydrogens (tertiary/aromatic N) is 3. The second-order valence-electron chi connectivity index (χ2n) is 7.97. The molecule has 0 radical (unpaired) electrons. The van der Waals surface area contributed by atoms with Crippen LogP contribution in [-0.2, 0) is 22.9 Å². The Labute approximate surface area is 175 Å². The summed E-state index contributed by atoms with van der Waals surface area (Å²) in [5.41, 5.74) is 2.49. The highest BCUT2D eigenvalue weighted by Crippen LogP contribution is 2.12. The molecule has 162 valence electrons. The van der Waals surface area contributed by atoms with Crippen molar-refractivity contribution in [1.82, 2.24) is 20.4 Å². The number of benzene rings is 1. The monoisotopic (exact) mass is 421 g/mol. The van der Waals surface area contributed by atoms with E-state index in [2.05, 4.69) is 56.6 Å². The SMILES string of the molecule is CCNC(=NCc1ccc(CN2CCN(CC)CC2)cc1)NC1CCS(=O)(=O)C1. The molecule has 0 spiro atoms. The molecule has 2 heterocycles. The van der Waals surface area contributed by atoms with Crippen molar-refractivity contribution in [2.45, 2.75) is 39.4 Å². The molecule has 2 aliphatic rings. The number of hydrogen-bond acceptors (Lipinski definition) is 5. The third-order valence-electron chi connectivity index (χ3n) is 5.68. The van der Waals surface area contributed by atoms with Crippen LogP contribution in [0.4, 0.5) is 0 Å². The predicted octanol–water partition coefficient (Wildman–Crippen LogP) is 1.07. The van der Waals surface area contributed by atoms with Crippen LogP contribution in [0.3, 0.4) is 0 Å². The summed E-state index contributed by atoms with van der Waals surface area (Å²) >= 11 is 0.